The Hall–Kier alpha value is -2.87. The summed E-state index contributed by atoms with van der Waals surface area (Å²) in [7, 11) is 0. The van der Waals surface area contributed by atoms with E-state index in [0.29, 0.717) is 36.2 Å². The number of urea groups is 1. The molecule has 158 valence electrons. The van der Waals surface area contributed by atoms with E-state index in [9.17, 15) is 9.59 Å². The molecule has 0 spiro atoms. The lowest BCUT2D eigenvalue weighted by Crippen LogP contribution is -2.40. The molecule has 1 fully saturated rings. The summed E-state index contributed by atoms with van der Waals surface area (Å²) in [6, 6.07) is 1.37. The van der Waals surface area contributed by atoms with Gasteiger partial charge in [0, 0.05) is 68.5 Å². The second-order valence-corrected chi connectivity index (χ2v) is 7.99. The Morgan fingerprint density at radius 3 is 2.67 bits per heavy atom. The lowest BCUT2D eigenvalue weighted by molar-refractivity contribution is -0.130. The first-order chi connectivity index (χ1) is 14.4. The van der Waals surface area contributed by atoms with E-state index < -0.39 is 6.03 Å². The number of nitrogens with two attached hydrogens (primary N) is 1. The fraction of sp³-hybridized carbons (Fsp3) is 0.429. The smallest absolute Gasteiger partial charge is 0.320 e. The predicted molar refractivity (Wildman–Crippen MR) is 114 cm³/mol. The van der Waals surface area contributed by atoms with Crippen molar-refractivity contribution in [1.82, 2.24) is 14.9 Å². The predicted octanol–water partition coefficient (Wildman–Crippen LogP) is 3.02. The number of carbonyl (C=O) groups is 2. The molecule has 2 N–H and O–H groups in total. The number of rotatable bonds is 3. The Kier molecular flexibility index (Phi) is 5.76. The van der Waals surface area contributed by atoms with Crippen molar-refractivity contribution in [2.45, 2.75) is 38.7 Å². The molecule has 0 atom stereocenters. The van der Waals surface area contributed by atoms with Crippen LogP contribution in [0.2, 0.25) is 5.02 Å². The van der Waals surface area contributed by atoms with Crippen LogP contribution in [0.4, 0.5) is 10.6 Å². The first kappa shape index (κ1) is 20.4. The highest BCUT2D eigenvalue weighted by molar-refractivity contribution is 6.34. The summed E-state index contributed by atoms with van der Waals surface area (Å²) in [5, 5.41) is 0.555. The molecule has 0 unspecified atom stereocenters. The van der Waals surface area contributed by atoms with Crippen LogP contribution in [0.25, 0.3) is 11.1 Å². The summed E-state index contributed by atoms with van der Waals surface area (Å²) in [4.78, 5) is 35.2. The summed E-state index contributed by atoms with van der Waals surface area (Å²) in [5.74, 6) is 1.28. The van der Waals surface area contributed by atoms with E-state index in [1.54, 1.807) is 25.5 Å². The molecule has 0 aromatic carbocycles. The van der Waals surface area contributed by atoms with Crippen molar-refractivity contribution in [2.24, 2.45) is 5.73 Å². The molecule has 4 rings (SSSR count). The Labute approximate surface area is 180 Å². The Bertz CT molecular complexity index is 975. The van der Waals surface area contributed by atoms with Gasteiger partial charge < -0.3 is 15.4 Å². The van der Waals surface area contributed by atoms with Crippen LogP contribution in [0.15, 0.2) is 24.7 Å². The van der Waals surface area contributed by atoms with E-state index in [1.165, 1.54) is 4.90 Å². The minimum Gasteiger partial charge on any atom is -0.489 e. The molecule has 1 saturated heterocycles. The number of nitrogens with zero attached hydrogens (tertiary/aromatic N) is 4. The number of carbonyl (C=O) groups excluding carboxylic acids is 2. The van der Waals surface area contributed by atoms with Crippen LogP contribution in [0.5, 0.6) is 5.75 Å². The number of ether oxygens (including phenoxy) is 1. The topological polar surface area (TPSA) is 102 Å². The van der Waals surface area contributed by atoms with Gasteiger partial charge in [-0.25, -0.2) is 9.78 Å². The molecule has 2 aliphatic rings. The maximum absolute atomic E-state index is 11.7. The third-order valence-corrected chi connectivity index (χ3v) is 6.06. The van der Waals surface area contributed by atoms with Gasteiger partial charge in [0.2, 0.25) is 5.91 Å². The third-order valence-electron chi connectivity index (χ3n) is 5.63. The number of pyridine rings is 2. The van der Waals surface area contributed by atoms with Crippen LogP contribution < -0.4 is 15.4 Å². The van der Waals surface area contributed by atoms with Gasteiger partial charge in [0.15, 0.2) is 0 Å². The zero-order valence-electron chi connectivity index (χ0n) is 16.8. The summed E-state index contributed by atoms with van der Waals surface area (Å²) in [6.45, 7) is 3.53. The van der Waals surface area contributed by atoms with E-state index in [4.69, 9.17) is 22.1 Å². The van der Waals surface area contributed by atoms with Crippen LogP contribution in [-0.2, 0) is 11.2 Å². The second kappa shape index (κ2) is 8.47. The Morgan fingerprint density at radius 1 is 1.20 bits per heavy atom. The van der Waals surface area contributed by atoms with Crippen molar-refractivity contribution < 1.29 is 14.3 Å². The Morgan fingerprint density at radius 2 is 1.97 bits per heavy atom. The molecule has 0 aliphatic carbocycles. The molecule has 9 heteroatoms. The first-order valence-electron chi connectivity index (χ1n) is 10.1. The van der Waals surface area contributed by atoms with E-state index in [1.807, 2.05) is 11.0 Å². The number of piperidine rings is 1. The lowest BCUT2D eigenvalue weighted by Gasteiger charge is -2.31. The standard InChI is InChI=1S/C21H24ClN5O3/c1-13(28)26-7-4-15(5-8-26)30-16-9-14(10-24-11-16)18-12-25-20-17(19(18)22)3-2-6-27(20)21(23)29/h9-12,15H,2-8H2,1H3,(H2,23,29). The van der Waals surface area contributed by atoms with Crippen molar-refractivity contribution in [3.05, 3.63) is 35.2 Å². The highest BCUT2D eigenvalue weighted by Gasteiger charge is 2.26. The Balaban J connectivity index is 1.55. The average molecular weight is 430 g/mol. The van der Waals surface area contributed by atoms with Gasteiger partial charge in [-0.05, 0) is 18.9 Å². The fourth-order valence-electron chi connectivity index (χ4n) is 4.02. The molecule has 0 radical (unpaired) electrons. The summed E-state index contributed by atoms with van der Waals surface area (Å²) in [6.07, 6.45) is 8.16. The van der Waals surface area contributed by atoms with Gasteiger partial charge in [0.1, 0.15) is 17.7 Å². The zero-order valence-corrected chi connectivity index (χ0v) is 17.6. The van der Waals surface area contributed by atoms with Gasteiger partial charge in [-0.15, -0.1) is 0 Å². The third kappa shape index (κ3) is 4.05. The number of amides is 3. The second-order valence-electron chi connectivity index (χ2n) is 7.61. The number of halogens is 1. The number of fused-ring (bicyclic) bond motifs is 1. The monoisotopic (exact) mass is 429 g/mol. The normalized spacial score (nSPS) is 16.9. The van der Waals surface area contributed by atoms with Crippen molar-refractivity contribution in [1.29, 1.82) is 0 Å². The molecule has 0 bridgehead atoms. The molecular formula is C21H24ClN5O3. The van der Waals surface area contributed by atoms with Crippen molar-refractivity contribution >= 4 is 29.4 Å². The van der Waals surface area contributed by atoms with Crippen LogP contribution in [0, 0.1) is 0 Å². The van der Waals surface area contributed by atoms with Gasteiger partial charge in [-0.3, -0.25) is 14.7 Å². The van der Waals surface area contributed by atoms with Crippen molar-refractivity contribution in [3.8, 4) is 16.9 Å². The van der Waals surface area contributed by atoms with Crippen molar-refractivity contribution in [2.75, 3.05) is 24.5 Å². The zero-order chi connectivity index (χ0) is 21.3. The molecule has 0 saturated carbocycles. The highest BCUT2D eigenvalue weighted by Crippen LogP contribution is 2.38. The van der Waals surface area contributed by atoms with Crippen LogP contribution >= 0.6 is 11.6 Å². The van der Waals surface area contributed by atoms with Gasteiger partial charge >= 0.3 is 6.03 Å². The van der Waals surface area contributed by atoms with Crippen molar-refractivity contribution in [3.63, 3.8) is 0 Å². The number of hydrogen-bond acceptors (Lipinski definition) is 5. The minimum atomic E-state index is -0.528. The van der Waals surface area contributed by atoms with Gasteiger partial charge in [-0.1, -0.05) is 11.6 Å². The molecular weight excluding hydrogens is 406 g/mol. The molecule has 3 amide bonds. The van der Waals surface area contributed by atoms with Gasteiger partial charge in [0.25, 0.3) is 0 Å². The molecule has 2 aliphatic heterocycles. The van der Waals surface area contributed by atoms with E-state index in [2.05, 4.69) is 9.97 Å². The summed E-state index contributed by atoms with van der Waals surface area (Å²) < 4.78 is 6.11. The number of primary amides is 1. The van der Waals surface area contributed by atoms with Gasteiger partial charge in [-0.2, -0.15) is 0 Å². The molecule has 8 nitrogen and oxygen atoms in total. The summed E-state index contributed by atoms with van der Waals surface area (Å²) >= 11 is 6.70. The highest BCUT2D eigenvalue weighted by atomic mass is 35.5. The quantitative estimate of drug-likeness (QED) is 0.807. The van der Waals surface area contributed by atoms with Gasteiger partial charge in [0.05, 0.1) is 11.2 Å². The van der Waals surface area contributed by atoms with E-state index in [0.717, 1.165) is 42.4 Å². The maximum Gasteiger partial charge on any atom is 0.320 e. The number of hydrogen-bond donors (Lipinski definition) is 1. The molecule has 2 aromatic heterocycles. The lowest BCUT2D eigenvalue weighted by atomic mass is 10.0. The average Bonchev–Trinajstić information content (AvgIpc) is 2.74. The molecule has 2 aromatic rings. The fourth-order valence-corrected chi connectivity index (χ4v) is 4.36. The SMILES string of the molecule is CC(=O)N1CCC(Oc2cncc(-c3cnc4c(c3Cl)CCCN4C(N)=O)c2)CC1. The number of aromatic nitrogens is 2. The first-order valence-corrected chi connectivity index (χ1v) is 10.4. The summed E-state index contributed by atoms with van der Waals surface area (Å²) in [5.41, 5.74) is 7.83. The van der Waals surface area contributed by atoms with E-state index >= 15 is 0 Å². The maximum atomic E-state index is 11.7. The largest absolute Gasteiger partial charge is 0.489 e. The minimum absolute atomic E-state index is 0.0407. The van der Waals surface area contributed by atoms with E-state index in [-0.39, 0.29) is 12.0 Å². The van der Waals surface area contributed by atoms with Crippen LogP contribution in [0.1, 0.15) is 31.7 Å². The molecule has 4 heterocycles. The molecule has 30 heavy (non-hydrogen) atoms. The number of likely N-dealkylation sites (tertiary alicyclic amines) is 1. The number of anilines is 1. The van der Waals surface area contributed by atoms with Crippen LogP contribution in [0.3, 0.4) is 0 Å². The van der Waals surface area contributed by atoms with Crippen LogP contribution in [-0.4, -0.2) is 52.5 Å².